The monoisotopic (exact) mass is 218 g/mol. The van der Waals surface area contributed by atoms with Crippen molar-refractivity contribution in [3.8, 4) is 5.75 Å². The highest BCUT2D eigenvalue weighted by Crippen LogP contribution is 2.06. The molecule has 1 aromatic carbocycles. The van der Waals surface area contributed by atoms with Crippen molar-refractivity contribution in [3.63, 3.8) is 0 Å². The van der Waals surface area contributed by atoms with Gasteiger partial charge in [0, 0.05) is 0 Å². The van der Waals surface area contributed by atoms with E-state index in [0.29, 0.717) is 0 Å². The molecule has 0 atom stereocenters. The Balaban J connectivity index is 0. The van der Waals surface area contributed by atoms with Gasteiger partial charge >= 0.3 is 23.1 Å². The molecule has 4 heteroatoms. The molecule has 1 rings (SSSR count). The molecular formula is C6H8BrFMgO. The third-order valence-electron chi connectivity index (χ3n) is 0.827. The zero-order chi connectivity index (χ0) is 5.98. The summed E-state index contributed by atoms with van der Waals surface area (Å²) in [7, 11) is 0. The first kappa shape index (κ1) is 12.8. The van der Waals surface area contributed by atoms with Crippen molar-refractivity contribution < 1.29 is 9.50 Å². The number of hydrogen-bond acceptors (Lipinski definition) is 1. The summed E-state index contributed by atoms with van der Waals surface area (Å²) in [5.41, 5.74) is 0. The molecule has 0 aliphatic heterocycles. The molecule has 0 heterocycles. The van der Waals surface area contributed by atoms with Crippen molar-refractivity contribution in [2.75, 3.05) is 0 Å². The Morgan fingerprint density at radius 1 is 1.10 bits per heavy atom. The van der Waals surface area contributed by atoms with Gasteiger partial charge < -0.3 is 5.11 Å². The van der Waals surface area contributed by atoms with Crippen LogP contribution >= 0.6 is 17.0 Å². The minimum atomic E-state index is -0.331. The average Bonchev–Trinajstić information content (AvgIpc) is 1.77. The summed E-state index contributed by atoms with van der Waals surface area (Å²) in [6.45, 7) is 0. The number of aromatic hydroxyl groups is 1. The zero-order valence-corrected chi connectivity index (χ0v) is 6.26. The Kier molecular flexibility index (Phi) is 7.63. The number of hydrogen-bond donors (Lipinski definition) is 1. The maximum atomic E-state index is 12.0. The molecule has 10 heavy (non-hydrogen) atoms. The Bertz CT molecular complexity index is 157. The summed E-state index contributed by atoms with van der Waals surface area (Å²) in [6, 6.07) is 5.01. The third kappa shape index (κ3) is 4.08. The van der Waals surface area contributed by atoms with Crippen LogP contribution in [0, 0.1) is 5.82 Å². The van der Waals surface area contributed by atoms with Crippen LogP contribution < -0.4 is 0 Å². The molecular weight excluding hydrogens is 211 g/mol. The van der Waals surface area contributed by atoms with E-state index in [1.54, 1.807) is 0 Å². The topological polar surface area (TPSA) is 20.2 Å². The lowest BCUT2D eigenvalue weighted by atomic mass is 10.3. The predicted molar refractivity (Wildman–Crippen MR) is 46.9 cm³/mol. The minimum absolute atomic E-state index is 0. The molecule has 0 spiro atoms. The van der Waals surface area contributed by atoms with Crippen molar-refractivity contribution in [1.29, 1.82) is 0 Å². The Hall–Kier alpha value is 0.196. The zero-order valence-electron chi connectivity index (χ0n) is 4.54. The smallest absolute Gasteiger partial charge is 0.316 e. The van der Waals surface area contributed by atoms with Gasteiger partial charge in [-0.3, -0.25) is 0 Å². The van der Waals surface area contributed by atoms with Gasteiger partial charge in [0.05, 0.1) is 0 Å². The predicted octanol–water partition coefficient (Wildman–Crippen LogP) is 1.19. The van der Waals surface area contributed by atoms with E-state index in [4.69, 9.17) is 5.11 Å². The number of benzene rings is 1. The quantitative estimate of drug-likeness (QED) is 0.650. The van der Waals surface area contributed by atoms with E-state index >= 15 is 0 Å². The van der Waals surface area contributed by atoms with E-state index in [9.17, 15) is 4.39 Å². The van der Waals surface area contributed by atoms with Gasteiger partial charge in [0.25, 0.3) is 0 Å². The number of phenols is 1. The SMILES string of the molecule is Br.Oc1ccc(F)cc1.[MgH2]. The van der Waals surface area contributed by atoms with Crippen LogP contribution in [0.4, 0.5) is 4.39 Å². The lowest BCUT2D eigenvalue weighted by Crippen LogP contribution is -1.67. The molecule has 1 aromatic rings. The van der Waals surface area contributed by atoms with E-state index in [1.807, 2.05) is 0 Å². The molecule has 0 radical (unpaired) electrons. The second-order valence-corrected chi connectivity index (χ2v) is 1.48. The Morgan fingerprint density at radius 2 is 1.50 bits per heavy atom. The van der Waals surface area contributed by atoms with Gasteiger partial charge in [-0.05, 0) is 24.3 Å². The molecule has 1 nitrogen and oxygen atoms in total. The second-order valence-electron chi connectivity index (χ2n) is 1.48. The lowest BCUT2D eigenvalue weighted by molar-refractivity contribution is 0.473. The molecule has 0 fully saturated rings. The van der Waals surface area contributed by atoms with Gasteiger partial charge in [0.15, 0.2) is 0 Å². The lowest BCUT2D eigenvalue weighted by Gasteiger charge is -1.86. The van der Waals surface area contributed by atoms with E-state index in [2.05, 4.69) is 0 Å². The summed E-state index contributed by atoms with van der Waals surface area (Å²) in [5.74, 6) is -0.241. The van der Waals surface area contributed by atoms with Crippen molar-refractivity contribution in [2.45, 2.75) is 0 Å². The molecule has 0 aromatic heterocycles. The molecule has 0 saturated carbocycles. The second kappa shape index (κ2) is 5.94. The normalized spacial score (nSPS) is 7.30. The first-order chi connectivity index (χ1) is 3.79. The molecule has 0 bridgehead atoms. The third-order valence-corrected chi connectivity index (χ3v) is 0.827. The van der Waals surface area contributed by atoms with Crippen LogP contribution in [-0.4, -0.2) is 28.2 Å². The Morgan fingerprint density at radius 3 is 1.80 bits per heavy atom. The van der Waals surface area contributed by atoms with E-state index < -0.39 is 0 Å². The number of rotatable bonds is 0. The van der Waals surface area contributed by atoms with Crippen LogP contribution in [0.1, 0.15) is 0 Å². The summed E-state index contributed by atoms with van der Waals surface area (Å²) in [5, 5.41) is 8.59. The molecule has 1 N–H and O–H groups in total. The fourth-order valence-corrected chi connectivity index (χ4v) is 0.441. The fourth-order valence-electron chi connectivity index (χ4n) is 0.441. The van der Waals surface area contributed by atoms with Crippen LogP contribution in [-0.2, 0) is 0 Å². The van der Waals surface area contributed by atoms with Crippen LogP contribution in [0.2, 0.25) is 0 Å². The standard InChI is InChI=1S/C6H5FO.BrH.Mg.2H/c7-5-1-3-6(8)4-2-5;;;;/h1-4,8H;1H;;;. The van der Waals surface area contributed by atoms with Gasteiger partial charge in [-0.15, -0.1) is 17.0 Å². The average molecular weight is 219 g/mol. The van der Waals surface area contributed by atoms with Gasteiger partial charge in [0.2, 0.25) is 0 Å². The number of phenolic OH excluding ortho intramolecular Hbond substituents is 1. The Labute approximate surface area is 85.2 Å². The molecule has 0 unspecified atom stereocenters. The van der Waals surface area contributed by atoms with Gasteiger partial charge in [-0.2, -0.15) is 0 Å². The number of halogens is 2. The molecule has 0 aliphatic carbocycles. The largest absolute Gasteiger partial charge is 0.508 e. The van der Waals surface area contributed by atoms with Crippen molar-refractivity contribution in [1.82, 2.24) is 0 Å². The maximum absolute atomic E-state index is 12.0. The van der Waals surface area contributed by atoms with Gasteiger partial charge in [-0.1, -0.05) is 0 Å². The summed E-state index contributed by atoms with van der Waals surface area (Å²) in [4.78, 5) is 0. The van der Waals surface area contributed by atoms with Crippen molar-refractivity contribution in [3.05, 3.63) is 30.1 Å². The first-order valence-electron chi connectivity index (χ1n) is 2.23. The van der Waals surface area contributed by atoms with Crippen molar-refractivity contribution >= 4 is 40.0 Å². The first-order valence-corrected chi connectivity index (χ1v) is 2.23. The van der Waals surface area contributed by atoms with Crippen LogP contribution in [0.5, 0.6) is 5.75 Å². The van der Waals surface area contributed by atoms with E-state index in [0.717, 1.165) is 0 Å². The fraction of sp³-hybridized carbons (Fsp3) is 0. The summed E-state index contributed by atoms with van der Waals surface area (Å²) in [6.07, 6.45) is 0. The molecule has 54 valence electrons. The van der Waals surface area contributed by atoms with E-state index in [-0.39, 0.29) is 51.6 Å². The molecule has 0 saturated heterocycles. The van der Waals surface area contributed by atoms with E-state index in [1.165, 1.54) is 24.3 Å². The van der Waals surface area contributed by atoms with Crippen LogP contribution in [0.3, 0.4) is 0 Å². The highest BCUT2D eigenvalue weighted by atomic mass is 79.9. The van der Waals surface area contributed by atoms with Gasteiger partial charge in [-0.25, -0.2) is 4.39 Å². The maximum Gasteiger partial charge on any atom is 0.316 e. The van der Waals surface area contributed by atoms with Gasteiger partial charge in [0.1, 0.15) is 11.6 Å². The minimum Gasteiger partial charge on any atom is -0.508 e. The van der Waals surface area contributed by atoms with Crippen LogP contribution in [0.15, 0.2) is 24.3 Å². The highest BCUT2D eigenvalue weighted by molar-refractivity contribution is 8.93. The van der Waals surface area contributed by atoms with Crippen LogP contribution in [0.25, 0.3) is 0 Å². The summed E-state index contributed by atoms with van der Waals surface area (Å²) >= 11 is 0. The molecule has 0 amide bonds. The van der Waals surface area contributed by atoms with Crippen molar-refractivity contribution in [2.24, 2.45) is 0 Å². The molecule has 0 aliphatic rings. The highest BCUT2D eigenvalue weighted by Gasteiger charge is 1.85. The summed E-state index contributed by atoms with van der Waals surface area (Å²) < 4.78 is 12.0.